The summed E-state index contributed by atoms with van der Waals surface area (Å²) in [6.45, 7) is 13.1. The van der Waals surface area contributed by atoms with Gasteiger partial charge in [-0.05, 0) is 18.3 Å². The molecule has 0 aromatic carbocycles. The largest absolute Gasteiger partial charge is 0.331 e. The van der Waals surface area contributed by atoms with Gasteiger partial charge in [-0.2, -0.15) is 0 Å². The van der Waals surface area contributed by atoms with Crippen molar-refractivity contribution in [3.05, 3.63) is 0 Å². The quantitative estimate of drug-likeness (QED) is 0.688. The van der Waals surface area contributed by atoms with E-state index in [4.69, 9.17) is 0 Å². The molecule has 112 valence electrons. The predicted molar refractivity (Wildman–Crippen MR) is 82.9 cm³/mol. The normalized spacial score (nSPS) is 41.5. The molecule has 0 aromatic heterocycles. The Hall–Kier alpha value is -0.0800. The van der Waals surface area contributed by atoms with Gasteiger partial charge in [0.2, 0.25) is 0 Å². The number of rotatable bonds is 4. The standard InChI is InChI=1S/C17H36N2/c1-16(2)15-9-10-17(16,3)14-19(7,13-15)12-8-11-18(4,5)6/h15H,8-14H2,1-7H3/q+2/t15-,17-,19?/m1/s1. The van der Waals surface area contributed by atoms with Crippen molar-refractivity contribution in [3.8, 4) is 0 Å². The highest BCUT2D eigenvalue weighted by Gasteiger charge is 2.60. The third kappa shape index (κ3) is 2.85. The molecule has 19 heavy (non-hydrogen) atoms. The highest BCUT2D eigenvalue weighted by molar-refractivity contribution is 5.02. The number of hydrogen-bond acceptors (Lipinski definition) is 0. The van der Waals surface area contributed by atoms with Crippen LogP contribution in [0.15, 0.2) is 0 Å². The number of piperidine rings is 1. The van der Waals surface area contributed by atoms with Crippen LogP contribution in [0.2, 0.25) is 0 Å². The molecule has 2 rings (SSSR count). The van der Waals surface area contributed by atoms with Crippen LogP contribution in [0.1, 0.15) is 40.0 Å². The molecule has 2 aliphatic rings. The first-order valence-electron chi connectivity index (χ1n) is 8.12. The van der Waals surface area contributed by atoms with E-state index >= 15 is 0 Å². The number of quaternary nitrogens is 2. The zero-order valence-electron chi connectivity index (χ0n) is 14.4. The number of fused-ring (bicyclic) bond motifs is 2. The van der Waals surface area contributed by atoms with Crippen molar-refractivity contribution in [1.29, 1.82) is 0 Å². The van der Waals surface area contributed by atoms with Gasteiger partial charge >= 0.3 is 0 Å². The third-order valence-electron chi connectivity index (χ3n) is 6.54. The second-order valence-corrected chi connectivity index (χ2v) is 9.57. The Morgan fingerprint density at radius 1 is 1.16 bits per heavy atom. The molecule has 3 atom stereocenters. The summed E-state index contributed by atoms with van der Waals surface area (Å²) in [6, 6.07) is 0. The average molecular weight is 268 g/mol. The summed E-state index contributed by atoms with van der Waals surface area (Å²) < 4.78 is 2.43. The maximum atomic E-state index is 2.56. The lowest BCUT2D eigenvalue weighted by Gasteiger charge is -2.54. The van der Waals surface area contributed by atoms with Crippen molar-refractivity contribution in [2.45, 2.75) is 40.0 Å². The number of nitrogens with zero attached hydrogens (tertiary/aromatic N) is 2. The van der Waals surface area contributed by atoms with Crippen molar-refractivity contribution >= 4 is 0 Å². The zero-order chi connectivity index (χ0) is 14.5. The Morgan fingerprint density at radius 3 is 2.32 bits per heavy atom. The van der Waals surface area contributed by atoms with Crippen LogP contribution in [0.5, 0.6) is 0 Å². The Bertz CT molecular complexity index is 342. The first-order chi connectivity index (χ1) is 8.48. The summed E-state index contributed by atoms with van der Waals surface area (Å²) >= 11 is 0. The monoisotopic (exact) mass is 268 g/mol. The lowest BCUT2D eigenvalue weighted by molar-refractivity contribution is -0.931. The zero-order valence-corrected chi connectivity index (χ0v) is 14.4. The molecule has 1 aliphatic carbocycles. The van der Waals surface area contributed by atoms with Gasteiger partial charge in [-0.15, -0.1) is 0 Å². The maximum Gasteiger partial charge on any atom is 0.0844 e. The van der Waals surface area contributed by atoms with Gasteiger partial charge in [0.1, 0.15) is 0 Å². The minimum Gasteiger partial charge on any atom is -0.331 e. The van der Waals surface area contributed by atoms with Gasteiger partial charge in [0.05, 0.1) is 54.4 Å². The van der Waals surface area contributed by atoms with Gasteiger partial charge in [-0.3, -0.25) is 0 Å². The van der Waals surface area contributed by atoms with E-state index in [0.717, 1.165) is 10.4 Å². The van der Waals surface area contributed by atoms with E-state index in [1.165, 1.54) is 49.9 Å². The van der Waals surface area contributed by atoms with Crippen molar-refractivity contribution in [2.75, 3.05) is 54.4 Å². The molecule has 2 fully saturated rings. The van der Waals surface area contributed by atoms with E-state index in [9.17, 15) is 0 Å². The molecule has 2 heteroatoms. The smallest absolute Gasteiger partial charge is 0.0844 e. The van der Waals surface area contributed by atoms with Gasteiger partial charge in [-0.25, -0.2) is 0 Å². The van der Waals surface area contributed by atoms with Gasteiger partial charge in [0.15, 0.2) is 0 Å². The summed E-state index contributed by atoms with van der Waals surface area (Å²) in [5, 5.41) is 0. The Labute approximate surface area is 121 Å². The van der Waals surface area contributed by atoms with E-state index in [1.54, 1.807) is 0 Å². The van der Waals surface area contributed by atoms with E-state index < -0.39 is 0 Å². The molecule has 1 aliphatic heterocycles. The van der Waals surface area contributed by atoms with E-state index in [1.807, 2.05) is 0 Å². The van der Waals surface area contributed by atoms with Gasteiger partial charge in [-0.1, -0.05) is 20.8 Å². The fraction of sp³-hybridized carbons (Fsp3) is 1.00. The van der Waals surface area contributed by atoms with Crippen LogP contribution in [0, 0.1) is 16.7 Å². The van der Waals surface area contributed by atoms with Crippen LogP contribution in [0.4, 0.5) is 0 Å². The molecule has 1 heterocycles. The highest BCUT2D eigenvalue weighted by Crippen LogP contribution is 2.60. The summed E-state index contributed by atoms with van der Waals surface area (Å²) in [6.07, 6.45) is 4.28. The Kier molecular flexibility index (Phi) is 3.59. The molecule has 1 saturated heterocycles. The molecule has 2 bridgehead atoms. The van der Waals surface area contributed by atoms with Crippen LogP contribution < -0.4 is 0 Å². The lowest BCUT2D eigenvalue weighted by Crippen LogP contribution is -2.61. The lowest BCUT2D eigenvalue weighted by atomic mass is 9.62. The fourth-order valence-corrected chi connectivity index (χ4v) is 4.81. The average Bonchev–Trinajstić information content (AvgIpc) is 2.36. The van der Waals surface area contributed by atoms with Crippen molar-refractivity contribution in [1.82, 2.24) is 0 Å². The second-order valence-electron chi connectivity index (χ2n) is 9.57. The summed E-state index contributed by atoms with van der Waals surface area (Å²) in [5.41, 5.74) is 1.13. The van der Waals surface area contributed by atoms with E-state index in [-0.39, 0.29) is 0 Å². The predicted octanol–water partition coefficient (Wildman–Crippen LogP) is 2.99. The van der Waals surface area contributed by atoms with Crippen LogP contribution in [0.3, 0.4) is 0 Å². The van der Waals surface area contributed by atoms with Crippen LogP contribution in [-0.2, 0) is 0 Å². The molecule has 1 saturated carbocycles. The summed E-state index contributed by atoms with van der Waals surface area (Å²) in [7, 11) is 9.44. The minimum atomic E-state index is 0.560. The number of likely N-dealkylation sites (tertiary alicyclic amines) is 1. The topological polar surface area (TPSA) is 0 Å². The molecule has 0 spiro atoms. The van der Waals surface area contributed by atoms with E-state index in [0.29, 0.717) is 10.8 Å². The molecule has 0 aromatic rings. The highest BCUT2D eigenvalue weighted by atomic mass is 15.4. The maximum absolute atomic E-state index is 2.56. The molecule has 0 N–H and O–H groups in total. The van der Waals surface area contributed by atoms with Crippen molar-refractivity contribution in [2.24, 2.45) is 16.7 Å². The van der Waals surface area contributed by atoms with Gasteiger partial charge in [0, 0.05) is 17.8 Å². The summed E-state index contributed by atoms with van der Waals surface area (Å²) in [5.74, 6) is 0.945. The van der Waals surface area contributed by atoms with Crippen LogP contribution in [-0.4, -0.2) is 63.3 Å². The molecule has 0 radical (unpaired) electrons. The van der Waals surface area contributed by atoms with Gasteiger partial charge in [0.25, 0.3) is 0 Å². The molecular formula is C17H36N2+2. The fourth-order valence-electron chi connectivity index (χ4n) is 4.81. The molecule has 0 amide bonds. The first kappa shape index (κ1) is 15.3. The third-order valence-corrected chi connectivity index (χ3v) is 6.54. The van der Waals surface area contributed by atoms with Gasteiger partial charge < -0.3 is 8.97 Å². The minimum absolute atomic E-state index is 0.560. The number of hydrogen-bond donors (Lipinski definition) is 0. The van der Waals surface area contributed by atoms with Crippen molar-refractivity contribution in [3.63, 3.8) is 0 Å². The Balaban J connectivity index is 2.00. The Morgan fingerprint density at radius 2 is 1.79 bits per heavy atom. The second kappa shape index (κ2) is 4.46. The van der Waals surface area contributed by atoms with Crippen LogP contribution >= 0.6 is 0 Å². The van der Waals surface area contributed by atoms with Crippen LogP contribution in [0.25, 0.3) is 0 Å². The summed E-state index contributed by atoms with van der Waals surface area (Å²) in [4.78, 5) is 0. The molecule has 2 nitrogen and oxygen atoms in total. The van der Waals surface area contributed by atoms with E-state index in [2.05, 4.69) is 49.0 Å². The van der Waals surface area contributed by atoms with Crippen molar-refractivity contribution < 1.29 is 8.97 Å². The SMILES string of the molecule is CC1(C)[C@@H]2CC[C@]1(C)C[N+](C)(CCC[N+](C)(C)C)C2. The molecular weight excluding hydrogens is 232 g/mol. The first-order valence-corrected chi connectivity index (χ1v) is 8.12. The molecule has 1 unspecified atom stereocenters.